The molecule has 1 aliphatic heterocycles. The fraction of sp³-hybridized carbons (Fsp3) is 0.462. The van der Waals surface area contributed by atoms with Gasteiger partial charge in [-0.15, -0.1) is 0 Å². The summed E-state index contributed by atoms with van der Waals surface area (Å²) in [6.45, 7) is 0.243. The minimum Gasteiger partial charge on any atom is -0.480 e. The number of benzene rings is 1. The molecule has 0 bridgehead atoms. The minimum absolute atomic E-state index is 0.0356. The number of aliphatic carboxylic acids is 1. The first kappa shape index (κ1) is 15.3. The van der Waals surface area contributed by atoms with E-state index < -0.39 is 15.8 Å². The summed E-state index contributed by atoms with van der Waals surface area (Å²) in [5.41, 5.74) is 0.917. The van der Waals surface area contributed by atoms with Crippen molar-refractivity contribution in [2.45, 2.75) is 19.0 Å². The summed E-state index contributed by atoms with van der Waals surface area (Å²) >= 11 is 5.81. The van der Waals surface area contributed by atoms with Crippen LogP contribution in [-0.4, -0.2) is 48.5 Å². The van der Waals surface area contributed by atoms with E-state index in [-0.39, 0.29) is 24.1 Å². The lowest BCUT2D eigenvalue weighted by Gasteiger charge is -2.26. The monoisotopic (exact) mass is 317 g/mol. The number of hydrogen-bond donors (Lipinski definition) is 1. The van der Waals surface area contributed by atoms with Gasteiger partial charge >= 0.3 is 5.97 Å². The summed E-state index contributed by atoms with van der Waals surface area (Å²) in [6, 6.07) is 6.88. The number of hydrogen-bond acceptors (Lipinski definition) is 4. The van der Waals surface area contributed by atoms with Crippen molar-refractivity contribution >= 4 is 27.4 Å². The Bertz CT molecular complexity index is 585. The summed E-state index contributed by atoms with van der Waals surface area (Å²) in [6.07, 6.45) is 0.489. The molecule has 1 aromatic rings. The highest BCUT2D eigenvalue weighted by molar-refractivity contribution is 7.91. The Balaban J connectivity index is 2.11. The lowest BCUT2D eigenvalue weighted by Crippen LogP contribution is -2.39. The zero-order valence-electron chi connectivity index (χ0n) is 10.8. The van der Waals surface area contributed by atoms with Gasteiger partial charge in [0, 0.05) is 17.6 Å². The van der Waals surface area contributed by atoms with Gasteiger partial charge in [-0.2, -0.15) is 0 Å². The van der Waals surface area contributed by atoms with Gasteiger partial charge in [-0.1, -0.05) is 23.7 Å². The highest BCUT2D eigenvalue weighted by Gasteiger charge is 2.33. The van der Waals surface area contributed by atoms with Gasteiger partial charge in [0.2, 0.25) is 0 Å². The third kappa shape index (κ3) is 4.19. The number of nitrogens with zero attached hydrogens (tertiary/aromatic N) is 1. The lowest BCUT2D eigenvalue weighted by atomic mass is 10.1. The molecule has 1 fully saturated rings. The van der Waals surface area contributed by atoms with Gasteiger partial charge in [0.05, 0.1) is 18.1 Å². The van der Waals surface area contributed by atoms with Crippen molar-refractivity contribution < 1.29 is 18.3 Å². The molecule has 1 unspecified atom stereocenters. The van der Waals surface area contributed by atoms with Crippen molar-refractivity contribution in [2.24, 2.45) is 0 Å². The van der Waals surface area contributed by atoms with Crippen LogP contribution in [0.25, 0.3) is 0 Å². The Hall–Kier alpha value is -1.11. The van der Waals surface area contributed by atoms with E-state index in [4.69, 9.17) is 16.7 Å². The van der Waals surface area contributed by atoms with Crippen LogP contribution >= 0.6 is 11.6 Å². The van der Waals surface area contributed by atoms with Crippen LogP contribution in [0.3, 0.4) is 0 Å². The summed E-state index contributed by atoms with van der Waals surface area (Å²) in [5.74, 6) is -0.786. The Kier molecular flexibility index (Phi) is 4.67. The number of carbonyl (C=O) groups is 1. The average molecular weight is 318 g/mol. The van der Waals surface area contributed by atoms with E-state index in [1.54, 1.807) is 17.0 Å². The molecule has 1 N–H and O–H groups in total. The third-order valence-corrected chi connectivity index (χ3v) is 5.36. The minimum atomic E-state index is -3.03. The van der Waals surface area contributed by atoms with E-state index in [0.29, 0.717) is 18.0 Å². The molecular formula is C13H16ClNO4S. The zero-order chi connectivity index (χ0) is 14.8. The van der Waals surface area contributed by atoms with E-state index in [2.05, 4.69) is 0 Å². The second-order valence-corrected chi connectivity index (χ2v) is 7.65. The third-order valence-electron chi connectivity index (χ3n) is 3.36. The highest BCUT2D eigenvalue weighted by Crippen LogP contribution is 2.20. The molecule has 0 radical (unpaired) electrons. The molecule has 1 aromatic carbocycles. The molecule has 0 aromatic heterocycles. The zero-order valence-corrected chi connectivity index (χ0v) is 12.4. The quantitative estimate of drug-likeness (QED) is 0.889. The average Bonchev–Trinajstić information content (AvgIpc) is 2.71. The first-order valence-electron chi connectivity index (χ1n) is 6.26. The van der Waals surface area contributed by atoms with Gasteiger partial charge in [-0.25, -0.2) is 8.42 Å². The standard InChI is InChI=1S/C13H16ClNO4S/c14-11-3-1-10(2-4-11)7-15(8-13(16)17)12-5-6-20(18,19)9-12/h1-4,12H,5-9H2,(H,16,17). The lowest BCUT2D eigenvalue weighted by molar-refractivity contribution is -0.139. The fourth-order valence-corrected chi connectivity index (χ4v) is 4.26. The van der Waals surface area contributed by atoms with E-state index in [1.165, 1.54) is 0 Å². The van der Waals surface area contributed by atoms with Gasteiger partial charge in [0.25, 0.3) is 0 Å². The molecule has 20 heavy (non-hydrogen) atoms. The maximum atomic E-state index is 11.5. The van der Waals surface area contributed by atoms with E-state index >= 15 is 0 Å². The summed E-state index contributed by atoms with van der Waals surface area (Å²) in [5, 5.41) is 9.60. The number of carboxylic acids is 1. The van der Waals surface area contributed by atoms with E-state index in [1.807, 2.05) is 12.1 Å². The summed E-state index contributed by atoms with van der Waals surface area (Å²) in [4.78, 5) is 12.7. The first-order chi connectivity index (χ1) is 9.35. The molecule has 1 atom stereocenters. The maximum Gasteiger partial charge on any atom is 0.317 e. The molecule has 1 aliphatic rings. The van der Waals surface area contributed by atoms with Crippen LogP contribution in [0.4, 0.5) is 0 Å². The van der Waals surface area contributed by atoms with Crippen LogP contribution in [0.2, 0.25) is 5.02 Å². The second kappa shape index (κ2) is 6.11. The number of carboxylic acid groups (broad SMARTS) is 1. The fourth-order valence-electron chi connectivity index (χ4n) is 2.38. The first-order valence-corrected chi connectivity index (χ1v) is 8.46. The Labute approximate surface area is 123 Å². The van der Waals surface area contributed by atoms with Gasteiger partial charge in [0.1, 0.15) is 0 Å². The van der Waals surface area contributed by atoms with Gasteiger partial charge in [-0.05, 0) is 24.1 Å². The van der Waals surface area contributed by atoms with Crippen molar-refractivity contribution in [3.8, 4) is 0 Å². The molecule has 0 aliphatic carbocycles. The van der Waals surface area contributed by atoms with E-state index in [9.17, 15) is 13.2 Å². The molecule has 1 saturated heterocycles. The predicted octanol–water partition coefficient (Wildman–Crippen LogP) is 1.41. The van der Waals surface area contributed by atoms with Crippen LogP contribution in [0, 0.1) is 0 Å². The van der Waals surface area contributed by atoms with Crippen LogP contribution in [-0.2, 0) is 21.2 Å². The Morgan fingerprint density at radius 1 is 1.35 bits per heavy atom. The predicted molar refractivity (Wildman–Crippen MR) is 76.6 cm³/mol. The van der Waals surface area contributed by atoms with Crippen molar-refractivity contribution in [3.63, 3.8) is 0 Å². The van der Waals surface area contributed by atoms with Gasteiger partial charge in [-0.3, -0.25) is 9.69 Å². The molecular weight excluding hydrogens is 302 g/mol. The molecule has 1 heterocycles. The SMILES string of the molecule is O=C(O)CN(Cc1ccc(Cl)cc1)C1CCS(=O)(=O)C1. The largest absolute Gasteiger partial charge is 0.480 e. The topological polar surface area (TPSA) is 74.7 Å². The molecule has 5 nitrogen and oxygen atoms in total. The van der Waals surface area contributed by atoms with Gasteiger partial charge < -0.3 is 5.11 Å². The summed E-state index contributed by atoms with van der Waals surface area (Å²) in [7, 11) is -3.03. The van der Waals surface area contributed by atoms with Crippen molar-refractivity contribution in [1.29, 1.82) is 0 Å². The van der Waals surface area contributed by atoms with Crippen LogP contribution in [0.5, 0.6) is 0 Å². The normalized spacial score (nSPS) is 21.2. The molecule has 110 valence electrons. The molecule has 0 saturated carbocycles. The maximum absolute atomic E-state index is 11.5. The molecule has 2 rings (SSSR count). The Morgan fingerprint density at radius 3 is 2.50 bits per heavy atom. The van der Waals surface area contributed by atoms with Crippen molar-refractivity contribution in [1.82, 2.24) is 4.90 Å². The molecule has 0 amide bonds. The van der Waals surface area contributed by atoms with E-state index in [0.717, 1.165) is 5.56 Å². The summed E-state index contributed by atoms with van der Waals surface area (Å²) < 4.78 is 23.1. The number of sulfone groups is 1. The number of rotatable bonds is 5. The Morgan fingerprint density at radius 2 is 2.00 bits per heavy atom. The van der Waals surface area contributed by atoms with Gasteiger partial charge in [0.15, 0.2) is 9.84 Å². The van der Waals surface area contributed by atoms with Crippen LogP contribution < -0.4 is 0 Å². The molecule has 7 heteroatoms. The molecule has 0 spiro atoms. The second-order valence-electron chi connectivity index (χ2n) is 4.98. The van der Waals surface area contributed by atoms with Crippen molar-refractivity contribution in [2.75, 3.05) is 18.1 Å². The van der Waals surface area contributed by atoms with Crippen LogP contribution in [0.1, 0.15) is 12.0 Å². The smallest absolute Gasteiger partial charge is 0.317 e. The van der Waals surface area contributed by atoms with Crippen molar-refractivity contribution in [3.05, 3.63) is 34.9 Å². The number of halogens is 1. The highest BCUT2D eigenvalue weighted by atomic mass is 35.5. The van der Waals surface area contributed by atoms with Crippen LogP contribution in [0.15, 0.2) is 24.3 Å².